The maximum atomic E-state index is 12.3. The van der Waals surface area contributed by atoms with E-state index in [0.29, 0.717) is 24.6 Å². The van der Waals surface area contributed by atoms with Gasteiger partial charge in [-0.3, -0.25) is 4.79 Å². The molecular weight excluding hydrogens is 280 g/mol. The van der Waals surface area contributed by atoms with Gasteiger partial charge in [0.15, 0.2) is 0 Å². The first-order valence-electron chi connectivity index (χ1n) is 7.26. The summed E-state index contributed by atoms with van der Waals surface area (Å²) in [6.45, 7) is 4.83. The molecule has 114 valence electrons. The molecule has 1 aromatic carbocycles. The van der Waals surface area contributed by atoms with Crippen LogP contribution in [-0.4, -0.2) is 42.2 Å². The molecule has 1 fully saturated rings. The van der Waals surface area contributed by atoms with Crippen molar-refractivity contribution in [2.45, 2.75) is 6.92 Å². The zero-order valence-electron chi connectivity index (χ0n) is 12.5. The van der Waals surface area contributed by atoms with Crippen LogP contribution in [0.5, 0.6) is 0 Å². The van der Waals surface area contributed by atoms with E-state index in [2.05, 4.69) is 20.2 Å². The first-order valence-corrected chi connectivity index (χ1v) is 7.26. The standard InChI is InChI=1S/C16H18N4O2/c1-12-17-10-13(11-18-12)16(21)19-14-4-2-3-5-15(14)20-6-8-22-9-7-20/h2-5,10-11H,6-9H2,1H3,(H,19,21). The Morgan fingerprint density at radius 1 is 1.18 bits per heavy atom. The SMILES string of the molecule is Cc1ncc(C(=O)Nc2ccccc2N2CCOCC2)cn1. The third-order valence-corrected chi connectivity index (χ3v) is 3.55. The van der Waals surface area contributed by atoms with Gasteiger partial charge in [-0.25, -0.2) is 9.97 Å². The fourth-order valence-electron chi connectivity index (χ4n) is 2.36. The first kappa shape index (κ1) is 14.5. The largest absolute Gasteiger partial charge is 0.378 e. The van der Waals surface area contributed by atoms with E-state index in [0.717, 1.165) is 24.5 Å². The number of carbonyl (C=O) groups is 1. The van der Waals surface area contributed by atoms with E-state index in [-0.39, 0.29) is 5.91 Å². The highest BCUT2D eigenvalue weighted by atomic mass is 16.5. The molecule has 0 radical (unpaired) electrons. The van der Waals surface area contributed by atoms with Gasteiger partial charge in [0.2, 0.25) is 0 Å². The average molecular weight is 298 g/mol. The quantitative estimate of drug-likeness (QED) is 0.937. The molecule has 3 rings (SSSR count). The van der Waals surface area contributed by atoms with Crippen LogP contribution in [0.2, 0.25) is 0 Å². The van der Waals surface area contributed by atoms with Gasteiger partial charge in [0, 0.05) is 25.5 Å². The molecule has 0 spiro atoms. The van der Waals surface area contributed by atoms with Crippen molar-refractivity contribution in [2.75, 3.05) is 36.5 Å². The Morgan fingerprint density at radius 2 is 1.86 bits per heavy atom. The molecule has 1 amide bonds. The number of ether oxygens (including phenoxy) is 1. The third kappa shape index (κ3) is 3.23. The summed E-state index contributed by atoms with van der Waals surface area (Å²) in [4.78, 5) is 22.6. The zero-order valence-corrected chi connectivity index (χ0v) is 12.5. The van der Waals surface area contributed by atoms with Gasteiger partial charge < -0.3 is 15.0 Å². The molecule has 1 aliphatic heterocycles. The average Bonchev–Trinajstić information content (AvgIpc) is 2.57. The number of amides is 1. The van der Waals surface area contributed by atoms with Gasteiger partial charge in [-0.15, -0.1) is 0 Å². The summed E-state index contributed by atoms with van der Waals surface area (Å²) in [7, 11) is 0. The van der Waals surface area contributed by atoms with Crippen molar-refractivity contribution in [2.24, 2.45) is 0 Å². The number of hydrogen-bond acceptors (Lipinski definition) is 5. The van der Waals surface area contributed by atoms with Gasteiger partial charge in [0.1, 0.15) is 5.82 Å². The van der Waals surface area contributed by atoms with E-state index in [1.807, 2.05) is 24.3 Å². The number of hydrogen-bond donors (Lipinski definition) is 1. The minimum absolute atomic E-state index is 0.208. The molecule has 22 heavy (non-hydrogen) atoms. The number of para-hydroxylation sites is 2. The molecule has 0 atom stereocenters. The van der Waals surface area contributed by atoms with Crippen molar-refractivity contribution in [1.82, 2.24) is 9.97 Å². The number of aryl methyl sites for hydroxylation is 1. The van der Waals surface area contributed by atoms with Crippen molar-refractivity contribution in [3.05, 3.63) is 48.0 Å². The second kappa shape index (κ2) is 6.53. The van der Waals surface area contributed by atoms with Crippen LogP contribution >= 0.6 is 0 Å². The highest BCUT2D eigenvalue weighted by Gasteiger charge is 2.16. The van der Waals surface area contributed by atoms with E-state index in [9.17, 15) is 4.79 Å². The van der Waals surface area contributed by atoms with Gasteiger partial charge in [0.25, 0.3) is 5.91 Å². The van der Waals surface area contributed by atoms with Crippen LogP contribution in [-0.2, 0) is 4.74 Å². The minimum atomic E-state index is -0.208. The van der Waals surface area contributed by atoms with Crippen LogP contribution in [0, 0.1) is 6.92 Å². The van der Waals surface area contributed by atoms with Gasteiger partial charge in [-0.05, 0) is 19.1 Å². The lowest BCUT2D eigenvalue weighted by Gasteiger charge is -2.30. The van der Waals surface area contributed by atoms with Gasteiger partial charge >= 0.3 is 0 Å². The smallest absolute Gasteiger partial charge is 0.258 e. The molecule has 1 aromatic heterocycles. The molecule has 2 aromatic rings. The molecule has 0 aliphatic carbocycles. The highest BCUT2D eigenvalue weighted by molar-refractivity contribution is 6.05. The number of rotatable bonds is 3. The number of benzene rings is 1. The number of anilines is 2. The van der Waals surface area contributed by atoms with Gasteiger partial charge in [-0.2, -0.15) is 0 Å². The summed E-state index contributed by atoms with van der Waals surface area (Å²) in [5.74, 6) is 0.436. The lowest BCUT2D eigenvalue weighted by Crippen LogP contribution is -2.36. The molecule has 0 unspecified atom stereocenters. The maximum Gasteiger partial charge on any atom is 0.258 e. The van der Waals surface area contributed by atoms with Crippen LogP contribution < -0.4 is 10.2 Å². The van der Waals surface area contributed by atoms with E-state index < -0.39 is 0 Å². The molecule has 0 saturated carbocycles. The Kier molecular flexibility index (Phi) is 4.29. The number of morpholine rings is 1. The molecular formula is C16H18N4O2. The third-order valence-electron chi connectivity index (χ3n) is 3.55. The summed E-state index contributed by atoms with van der Waals surface area (Å²) in [6, 6.07) is 7.78. The lowest BCUT2D eigenvalue weighted by molar-refractivity contribution is 0.102. The fraction of sp³-hybridized carbons (Fsp3) is 0.312. The van der Waals surface area contributed by atoms with Crippen molar-refractivity contribution in [1.29, 1.82) is 0 Å². The Bertz CT molecular complexity index is 651. The number of nitrogens with one attached hydrogen (secondary N) is 1. The van der Waals surface area contributed by atoms with Crippen LogP contribution in [0.3, 0.4) is 0 Å². The van der Waals surface area contributed by atoms with Crippen molar-refractivity contribution >= 4 is 17.3 Å². The molecule has 1 N–H and O–H groups in total. The Labute approximate surface area is 129 Å². The van der Waals surface area contributed by atoms with Gasteiger partial charge in [-0.1, -0.05) is 12.1 Å². The fourth-order valence-corrected chi connectivity index (χ4v) is 2.36. The second-order valence-electron chi connectivity index (χ2n) is 5.09. The predicted octanol–water partition coefficient (Wildman–Crippen LogP) is 1.87. The van der Waals surface area contributed by atoms with Crippen molar-refractivity contribution < 1.29 is 9.53 Å². The minimum Gasteiger partial charge on any atom is -0.378 e. The predicted molar refractivity (Wildman–Crippen MR) is 84.2 cm³/mol. The summed E-state index contributed by atoms with van der Waals surface area (Å²) in [5, 5.41) is 2.94. The van der Waals surface area contributed by atoms with Crippen LogP contribution in [0.25, 0.3) is 0 Å². The number of aromatic nitrogens is 2. The summed E-state index contributed by atoms with van der Waals surface area (Å²) < 4.78 is 5.38. The second-order valence-corrected chi connectivity index (χ2v) is 5.09. The first-order chi connectivity index (χ1) is 10.7. The highest BCUT2D eigenvalue weighted by Crippen LogP contribution is 2.26. The summed E-state index contributed by atoms with van der Waals surface area (Å²) >= 11 is 0. The number of carbonyl (C=O) groups excluding carboxylic acids is 1. The van der Waals surface area contributed by atoms with Gasteiger partial charge in [0.05, 0.1) is 30.2 Å². The van der Waals surface area contributed by atoms with Crippen LogP contribution in [0.1, 0.15) is 16.2 Å². The van der Waals surface area contributed by atoms with E-state index in [1.54, 1.807) is 6.92 Å². The van der Waals surface area contributed by atoms with Crippen molar-refractivity contribution in [3.8, 4) is 0 Å². The molecule has 6 heteroatoms. The summed E-state index contributed by atoms with van der Waals surface area (Å²) in [6.07, 6.45) is 3.07. The zero-order chi connectivity index (χ0) is 15.4. The van der Waals surface area contributed by atoms with E-state index in [1.165, 1.54) is 12.4 Å². The van der Waals surface area contributed by atoms with E-state index in [4.69, 9.17) is 4.74 Å². The monoisotopic (exact) mass is 298 g/mol. The molecule has 2 heterocycles. The molecule has 0 bridgehead atoms. The Morgan fingerprint density at radius 3 is 2.59 bits per heavy atom. The maximum absolute atomic E-state index is 12.3. The Hall–Kier alpha value is -2.47. The van der Waals surface area contributed by atoms with Crippen molar-refractivity contribution in [3.63, 3.8) is 0 Å². The van der Waals surface area contributed by atoms with Crippen LogP contribution in [0.4, 0.5) is 11.4 Å². The number of nitrogens with zero attached hydrogens (tertiary/aromatic N) is 3. The lowest BCUT2D eigenvalue weighted by atomic mass is 10.2. The topological polar surface area (TPSA) is 67.4 Å². The van der Waals surface area contributed by atoms with Crippen LogP contribution in [0.15, 0.2) is 36.7 Å². The molecule has 1 aliphatic rings. The molecule has 6 nitrogen and oxygen atoms in total. The molecule has 1 saturated heterocycles. The van der Waals surface area contributed by atoms with E-state index >= 15 is 0 Å². The Balaban J connectivity index is 1.79. The normalized spacial score (nSPS) is 14.7. The summed E-state index contributed by atoms with van der Waals surface area (Å²) in [5.41, 5.74) is 2.24.